The second-order valence-electron chi connectivity index (χ2n) is 8.16. The van der Waals surface area contributed by atoms with E-state index in [4.69, 9.17) is 5.73 Å². The van der Waals surface area contributed by atoms with Gasteiger partial charge in [0.15, 0.2) is 0 Å². The zero-order valence-corrected chi connectivity index (χ0v) is 17.0. The highest BCUT2D eigenvalue weighted by Gasteiger charge is 2.34. The van der Waals surface area contributed by atoms with Gasteiger partial charge in [-0.05, 0) is 49.2 Å². The topological polar surface area (TPSA) is 99.5 Å². The summed E-state index contributed by atoms with van der Waals surface area (Å²) in [5, 5.41) is 3.08. The summed E-state index contributed by atoms with van der Waals surface area (Å²) in [6.45, 7) is 3.11. The van der Waals surface area contributed by atoms with E-state index in [0.717, 1.165) is 49.3 Å². The first kappa shape index (κ1) is 20.5. The van der Waals surface area contributed by atoms with Crippen LogP contribution >= 0.6 is 0 Å². The summed E-state index contributed by atoms with van der Waals surface area (Å²) in [4.78, 5) is 26.6. The number of nitrogens with two attached hydrogens (primary N) is 1. The molecule has 0 aromatic heterocycles. The number of benzene rings is 2. The highest BCUT2D eigenvalue weighted by Crippen LogP contribution is 2.26. The molecule has 2 amide bonds. The number of carbonyl (C=O) groups excluding carboxylic acids is 2. The first-order valence-electron chi connectivity index (χ1n) is 10.5. The molecule has 2 atom stereocenters. The van der Waals surface area contributed by atoms with Crippen LogP contribution in [-0.4, -0.2) is 36.3 Å². The van der Waals surface area contributed by atoms with E-state index in [-0.39, 0.29) is 29.7 Å². The van der Waals surface area contributed by atoms with Gasteiger partial charge in [-0.1, -0.05) is 42.5 Å². The van der Waals surface area contributed by atoms with Crippen molar-refractivity contribution >= 4 is 17.5 Å². The number of piperidine rings is 1. The highest BCUT2D eigenvalue weighted by atomic mass is 16.2. The van der Waals surface area contributed by atoms with Gasteiger partial charge < -0.3 is 11.1 Å². The fraction of sp³-hybridized carbons (Fsp3) is 0.391. The van der Waals surface area contributed by atoms with Crippen LogP contribution in [0.4, 0.5) is 5.69 Å². The first-order valence-corrected chi connectivity index (χ1v) is 10.5. The molecule has 2 heterocycles. The smallest absolute Gasteiger partial charge is 0.230 e. The molecule has 2 aliphatic heterocycles. The molecule has 0 saturated carbocycles. The molecule has 158 valence electrons. The Bertz CT molecular complexity index is 880. The van der Waals surface area contributed by atoms with Crippen LogP contribution in [0, 0.1) is 11.8 Å². The quantitative estimate of drug-likeness (QED) is 0.585. The average Bonchev–Trinajstić information content (AvgIpc) is 3.25. The minimum absolute atomic E-state index is 0.000718. The summed E-state index contributed by atoms with van der Waals surface area (Å²) in [5.41, 5.74) is 14.8. The second-order valence-corrected chi connectivity index (χ2v) is 8.16. The monoisotopic (exact) mass is 407 g/mol. The number of amides is 2. The zero-order chi connectivity index (χ0) is 20.9. The lowest BCUT2D eigenvalue weighted by Gasteiger charge is -2.30. The van der Waals surface area contributed by atoms with E-state index in [2.05, 4.69) is 27.1 Å². The van der Waals surface area contributed by atoms with Crippen LogP contribution in [0.1, 0.15) is 30.0 Å². The second kappa shape index (κ2) is 9.38. The van der Waals surface area contributed by atoms with E-state index in [0.29, 0.717) is 6.54 Å². The summed E-state index contributed by atoms with van der Waals surface area (Å²) in [6, 6.07) is 18.0. The standard InChI is InChI=1S/C23H29N5O2/c24-22(29)18-9-11-28(12-10-18)15-16-5-4-8-19(13-16)26-23(30)20-14-25-27-21(20)17-6-2-1-3-7-17/h1-8,13,18,20-21,25,27H,9-12,14-15H2,(H2,24,29)(H,26,30). The van der Waals surface area contributed by atoms with Gasteiger partial charge in [-0.25, -0.2) is 5.43 Å². The number of hydrogen-bond donors (Lipinski definition) is 4. The van der Waals surface area contributed by atoms with Crippen molar-refractivity contribution in [2.45, 2.75) is 25.4 Å². The Morgan fingerprint density at radius 3 is 2.57 bits per heavy atom. The van der Waals surface area contributed by atoms with Crippen LogP contribution in [0.25, 0.3) is 0 Å². The molecule has 30 heavy (non-hydrogen) atoms. The third kappa shape index (κ3) is 4.87. The van der Waals surface area contributed by atoms with Gasteiger partial charge in [-0.2, -0.15) is 0 Å². The van der Waals surface area contributed by atoms with Gasteiger partial charge in [-0.15, -0.1) is 0 Å². The fourth-order valence-corrected chi connectivity index (χ4v) is 4.33. The van der Waals surface area contributed by atoms with Crippen molar-refractivity contribution in [2.75, 3.05) is 25.0 Å². The molecule has 2 saturated heterocycles. The van der Waals surface area contributed by atoms with Crippen LogP contribution in [0.5, 0.6) is 0 Å². The number of nitrogens with zero attached hydrogens (tertiary/aromatic N) is 1. The van der Waals surface area contributed by atoms with Gasteiger partial charge in [-0.3, -0.25) is 19.9 Å². The summed E-state index contributed by atoms with van der Waals surface area (Å²) < 4.78 is 0. The number of carbonyl (C=O) groups is 2. The molecule has 5 N–H and O–H groups in total. The lowest BCUT2D eigenvalue weighted by molar-refractivity contribution is -0.123. The number of anilines is 1. The van der Waals surface area contributed by atoms with E-state index >= 15 is 0 Å². The fourth-order valence-electron chi connectivity index (χ4n) is 4.33. The van der Waals surface area contributed by atoms with Crippen molar-refractivity contribution in [3.8, 4) is 0 Å². The number of nitrogens with one attached hydrogen (secondary N) is 3. The number of likely N-dealkylation sites (tertiary alicyclic amines) is 1. The molecule has 7 nitrogen and oxygen atoms in total. The van der Waals surface area contributed by atoms with E-state index in [1.807, 2.05) is 48.5 Å². The van der Waals surface area contributed by atoms with Gasteiger partial charge in [0.05, 0.1) is 12.0 Å². The highest BCUT2D eigenvalue weighted by molar-refractivity contribution is 5.93. The van der Waals surface area contributed by atoms with Crippen molar-refractivity contribution < 1.29 is 9.59 Å². The Balaban J connectivity index is 1.36. The Morgan fingerprint density at radius 2 is 1.83 bits per heavy atom. The molecule has 2 aromatic carbocycles. The number of primary amides is 1. The lowest BCUT2D eigenvalue weighted by atomic mass is 9.94. The predicted molar refractivity (Wildman–Crippen MR) is 116 cm³/mol. The van der Waals surface area contributed by atoms with Gasteiger partial charge >= 0.3 is 0 Å². The average molecular weight is 408 g/mol. The first-order chi connectivity index (χ1) is 14.6. The Labute approximate surface area is 177 Å². The summed E-state index contributed by atoms with van der Waals surface area (Å²) in [6.07, 6.45) is 1.63. The molecule has 0 aliphatic carbocycles. The van der Waals surface area contributed by atoms with E-state index in [1.165, 1.54) is 0 Å². The van der Waals surface area contributed by atoms with Gasteiger partial charge in [0.1, 0.15) is 0 Å². The molecule has 0 spiro atoms. The molecule has 2 aliphatic rings. The summed E-state index contributed by atoms with van der Waals surface area (Å²) in [5.74, 6) is -0.383. The molecular weight excluding hydrogens is 378 g/mol. The summed E-state index contributed by atoms with van der Waals surface area (Å²) >= 11 is 0. The maximum absolute atomic E-state index is 13.0. The number of rotatable bonds is 6. The van der Waals surface area contributed by atoms with E-state index < -0.39 is 0 Å². The van der Waals surface area contributed by atoms with Crippen LogP contribution in [0.2, 0.25) is 0 Å². The number of hydrazine groups is 1. The van der Waals surface area contributed by atoms with E-state index in [1.54, 1.807) is 0 Å². The Morgan fingerprint density at radius 1 is 1.07 bits per heavy atom. The SMILES string of the molecule is NC(=O)C1CCN(Cc2cccc(NC(=O)C3CNNC3c3ccccc3)c2)CC1. The Hall–Kier alpha value is -2.74. The number of hydrogen-bond acceptors (Lipinski definition) is 5. The lowest BCUT2D eigenvalue weighted by Crippen LogP contribution is -2.38. The third-order valence-electron chi connectivity index (χ3n) is 6.07. The van der Waals surface area contributed by atoms with Crippen LogP contribution in [0.15, 0.2) is 54.6 Å². The van der Waals surface area contributed by atoms with Crippen LogP contribution in [0.3, 0.4) is 0 Å². The predicted octanol–water partition coefficient (Wildman–Crippen LogP) is 1.79. The normalized spacial score (nSPS) is 22.7. The van der Waals surface area contributed by atoms with Crippen molar-refractivity contribution in [2.24, 2.45) is 17.6 Å². The van der Waals surface area contributed by atoms with Crippen molar-refractivity contribution in [3.05, 3.63) is 65.7 Å². The van der Waals surface area contributed by atoms with E-state index in [9.17, 15) is 9.59 Å². The van der Waals surface area contributed by atoms with Crippen LogP contribution in [-0.2, 0) is 16.1 Å². The Kier molecular flexibility index (Phi) is 6.42. The van der Waals surface area contributed by atoms with Gasteiger partial charge in [0, 0.05) is 24.7 Å². The van der Waals surface area contributed by atoms with Crippen molar-refractivity contribution in [1.29, 1.82) is 0 Å². The van der Waals surface area contributed by atoms with Crippen molar-refractivity contribution in [1.82, 2.24) is 15.8 Å². The maximum atomic E-state index is 13.0. The molecule has 2 unspecified atom stereocenters. The van der Waals surface area contributed by atoms with Crippen molar-refractivity contribution in [3.63, 3.8) is 0 Å². The minimum Gasteiger partial charge on any atom is -0.369 e. The zero-order valence-electron chi connectivity index (χ0n) is 17.0. The molecular formula is C23H29N5O2. The molecule has 7 heteroatoms. The third-order valence-corrected chi connectivity index (χ3v) is 6.07. The summed E-state index contributed by atoms with van der Waals surface area (Å²) in [7, 11) is 0. The molecule has 0 radical (unpaired) electrons. The molecule has 2 fully saturated rings. The van der Waals surface area contributed by atoms with Gasteiger partial charge in [0.2, 0.25) is 11.8 Å². The molecule has 2 aromatic rings. The van der Waals surface area contributed by atoms with Gasteiger partial charge in [0.25, 0.3) is 0 Å². The minimum atomic E-state index is -0.191. The molecule has 4 rings (SSSR count). The molecule has 0 bridgehead atoms. The maximum Gasteiger partial charge on any atom is 0.230 e. The largest absolute Gasteiger partial charge is 0.369 e. The van der Waals surface area contributed by atoms with Crippen LogP contribution < -0.4 is 21.9 Å².